The van der Waals surface area contributed by atoms with E-state index in [1.54, 1.807) is 22.7 Å². The van der Waals surface area contributed by atoms with Crippen molar-refractivity contribution in [1.82, 2.24) is 9.97 Å². The van der Waals surface area contributed by atoms with Crippen molar-refractivity contribution in [3.63, 3.8) is 0 Å². The van der Waals surface area contributed by atoms with Gasteiger partial charge in [-0.15, -0.1) is 22.7 Å². The first-order valence-electron chi connectivity index (χ1n) is 6.55. The first-order valence-corrected chi connectivity index (χ1v) is 8.31. The van der Waals surface area contributed by atoms with Gasteiger partial charge in [-0.3, -0.25) is 0 Å². The second kappa shape index (κ2) is 5.46. The molecule has 4 heteroatoms. The second-order valence-electron chi connectivity index (χ2n) is 5.00. The van der Waals surface area contributed by atoms with Gasteiger partial charge in [-0.05, 0) is 26.3 Å². The number of aromatic nitrogens is 2. The lowest BCUT2D eigenvalue weighted by Gasteiger charge is -2.03. The number of benzene rings is 1. The molecule has 0 aliphatic carbocycles. The van der Waals surface area contributed by atoms with Crippen LogP contribution in [0, 0.1) is 20.8 Å². The molecule has 0 amide bonds. The van der Waals surface area contributed by atoms with E-state index in [0.717, 1.165) is 27.8 Å². The molecule has 0 fully saturated rings. The normalized spacial score (nSPS) is 10.9. The van der Waals surface area contributed by atoms with Crippen LogP contribution in [0.1, 0.15) is 26.8 Å². The number of hydrogen-bond acceptors (Lipinski definition) is 4. The highest BCUT2D eigenvalue weighted by molar-refractivity contribution is 7.11. The maximum absolute atomic E-state index is 4.76. The topological polar surface area (TPSA) is 25.8 Å². The van der Waals surface area contributed by atoms with Gasteiger partial charge in [-0.1, -0.05) is 23.8 Å². The molecular formula is C16H16N2S2. The number of hydrogen-bond donors (Lipinski definition) is 0. The van der Waals surface area contributed by atoms with Crippen molar-refractivity contribution in [2.45, 2.75) is 27.2 Å². The quantitative estimate of drug-likeness (QED) is 0.695. The largest absolute Gasteiger partial charge is 0.246 e. The average molecular weight is 300 g/mol. The Morgan fingerprint density at radius 3 is 2.40 bits per heavy atom. The number of rotatable bonds is 3. The van der Waals surface area contributed by atoms with E-state index in [2.05, 4.69) is 47.8 Å². The van der Waals surface area contributed by atoms with Crippen molar-refractivity contribution in [3.8, 4) is 11.3 Å². The Balaban J connectivity index is 1.86. The third kappa shape index (κ3) is 2.81. The van der Waals surface area contributed by atoms with Crippen LogP contribution in [0.3, 0.4) is 0 Å². The van der Waals surface area contributed by atoms with E-state index in [4.69, 9.17) is 4.98 Å². The molecule has 0 aliphatic heterocycles. The van der Waals surface area contributed by atoms with Gasteiger partial charge in [0, 0.05) is 22.0 Å². The third-order valence-corrected chi connectivity index (χ3v) is 4.99. The molecule has 0 saturated heterocycles. The van der Waals surface area contributed by atoms with E-state index in [9.17, 15) is 0 Å². The molecule has 1 aromatic carbocycles. The average Bonchev–Trinajstić information content (AvgIpc) is 2.99. The fourth-order valence-corrected chi connectivity index (χ4v) is 3.90. The van der Waals surface area contributed by atoms with Gasteiger partial charge in [0.05, 0.1) is 17.1 Å². The smallest absolute Gasteiger partial charge is 0.100 e. The number of nitrogens with zero attached hydrogens (tertiary/aromatic N) is 2. The van der Waals surface area contributed by atoms with Crippen molar-refractivity contribution in [2.24, 2.45) is 0 Å². The molecule has 0 unspecified atom stereocenters. The minimum absolute atomic E-state index is 0.841. The SMILES string of the molecule is Cc1ccc(-c2csc(Cc3nc(C)cs3)n2)c(C)c1. The predicted molar refractivity (Wildman–Crippen MR) is 86.7 cm³/mol. The monoisotopic (exact) mass is 300 g/mol. The van der Waals surface area contributed by atoms with Crippen molar-refractivity contribution in [1.29, 1.82) is 0 Å². The van der Waals surface area contributed by atoms with Crippen LogP contribution in [-0.4, -0.2) is 9.97 Å². The highest BCUT2D eigenvalue weighted by Crippen LogP contribution is 2.27. The predicted octanol–water partition coefficient (Wildman–Crippen LogP) is 4.78. The first kappa shape index (κ1) is 13.5. The van der Waals surface area contributed by atoms with E-state index in [0.29, 0.717) is 0 Å². The van der Waals surface area contributed by atoms with E-state index in [1.165, 1.54) is 16.7 Å². The van der Waals surface area contributed by atoms with Gasteiger partial charge in [0.1, 0.15) is 5.01 Å². The van der Waals surface area contributed by atoms with Crippen LogP contribution in [0.2, 0.25) is 0 Å². The summed E-state index contributed by atoms with van der Waals surface area (Å²) in [4.78, 5) is 9.26. The summed E-state index contributed by atoms with van der Waals surface area (Å²) < 4.78 is 0. The summed E-state index contributed by atoms with van der Waals surface area (Å²) in [6.07, 6.45) is 0.841. The molecule has 3 aromatic rings. The maximum atomic E-state index is 4.76. The lowest BCUT2D eigenvalue weighted by atomic mass is 10.0. The zero-order valence-electron chi connectivity index (χ0n) is 11.8. The minimum atomic E-state index is 0.841. The summed E-state index contributed by atoms with van der Waals surface area (Å²) in [5.74, 6) is 0. The lowest BCUT2D eigenvalue weighted by molar-refractivity contribution is 1.08. The zero-order chi connectivity index (χ0) is 14.1. The van der Waals surface area contributed by atoms with Crippen LogP contribution in [0.25, 0.3) is 11.3 Å². The highest BCUT2D eigenvalue weighted by Gasteiger charge is 2.09. The molecule has 3 rings (SSSR count). The molecule has 0 N–H and O–H groups in total. The van der Waals surface area contributed by atoms with Crippen LogP contribution >= 0.6 is 22.7 Å². The molecule has 0 saturated carbocycles. The van der Waals surface area contributed by atoms with Gasteiger partial charge in [-0.25, -0.2) is 9.97 Å². The standard InChI is InChI=1S/C16H16N2S2/c1-10-4-5-13(11(2)6-10)14-9-20-16(18-14)7-15-17-12(3)8-19-15/h4-6,8-9H,7H2,1-3H3. The van der Waals surface area contributed by atoms with E-state index < -0.39 is 0 Å². The fraction of sp³-hybridized carbons (Fsp3) is 0.250. The third-order valence-electron chi connectivity index (χ3n) is 3.18. The Morgan fingerprint density at radius 1 is 0.950 bits per heavy atom. The maximum Gasteiger partial charge on any atom is 0.100 e. The summed E-state index contributed by atoms with van der Waals surface area (Å²) in [5, 5.41) is 6.51. The Hall–Kier alpha value is -1.52. The molecule has 2 heterocycles. The second-order valence-corrected chi connectivity index (χ2v) is 6.89. The molecule has 102 valence electrons. The van der Waals surface area contributed by atoms with Crippen molar-refractivity contribution < 1.29 is 0 Å². The van der Waals surface area contributed by atoms with Crippen LogP contribution < -0.4 is 0 Å². The zero-order valence-corrected chi connectivity index (χ0v) is 13.4. The fourth-order valence-electron chi connectivity index (χ4n) is 2.23. The van der Waals surface area contributed by atoms with Gasteiger partial charge in [0.15, 0.2) is 0 Å². The molecule has 2 nitrogen and oxygen atoms in total. The Labute approximate surface area is 127 Å². The molecule has 20 heavy (non-hydrogen) atoms. The van der Waals surface area contributed by atoms with Crippen molar-refractivity contribution >= 4 is 22.7 Å². The summed E-state index contributed by atoms with van der Waals surface area (Å²) in [5.41, 5.74) is 5.98. The van der Waals surface area contributed by atoms with Gasteiger partial charge in [0.25, 0.3) is 0 Å². The Morgan fingerprint density at radius 2 is 1.70 bits per heavy atom. The van der Waals surface area contributed by atoms with E-state index in [-0.39, 0.29) is 0 Å². The minimum Gasteiger partial charge on any atom is -0.246 e. The van der Waals surface area contributed by atoms with E-state index in [1.807, 2.05) is 6.92 Å². The van der Waals surface area contributed by atoms with Gasteiger partial charge in [-0.2, -0.15) is 0 Å². The highest BCUT2D eigenvalue weighted by atomic mass is 32.1. The van der Waals surface area contributed by atoms with Gasteiger partial charge in [0.2, 0.25) is 0 Å². The molecule has 0 radical (unpaired) electrons. The first-order chi connectivity index (χ1) is 9.61. The molecule has 0 bridgehead atoms. The van der Waals surface area contributed by atoms with Crippen LogP contribution in [0.5, 0.6) is 0 Å². The number of aryl methyl sites for hydroxylation is 3. The van der Waals surface area contributed by atoms with E-state index >= 15 is 0 Å². The molecule has 0 aliphatic rings. The van der Waals surface area contributed by atoms with Gasteiger partial charge >= 0.3 is 0 Å². The summed E-state index contributed by atoms with van der Waals surface area (Å²) in [6.45, 7) is 6.29. The Bertz CT molecular complexity index is 741. The van der Waals surface area contributed by atoms with Crippen LogP contribution in [0.15, 0.2) is 29.0 Å². The molecule has 0 spiro atoms. The number of thiazole rings is 2. The molecule has 2 aromatic heterocycles. The summed E-state index contributed by atoms with van der Waals surface area (Å²) >= 11 is 3.43. The van der Waals surface area contributed by atoms with Crippen LogP contribution in [-0.2, 0) is 6.42 Å². The molecular weight excluding hydrogens is 284 g/mol. The lowest BCUT2D eigenvalue weighted by Crippen LogP contribution is -1.88. The summed E-state index contributed by atoms with van der Waals surface area (Å²) in [7, 11) is 0. The van der Waals surface area contributed by atoms with Crippen molar-refractivity contribution in [2.75, 3.05) is 0 Å². The molecule has 0 atom stereocenters. The van der Waals surface area contributed by atoms with Crippen molar-refractivity contribution in [3.05, 3.63) is 55.8 Å². The summed E-state index contributed by atoms with van der Waals surface area (Å²) in [6, 6.07) is 6.51. The van der Waals surface area contributed by atoms with Gasteiger partial charge < -0.3 is 0 Å². The van der Waals surface area contributed by atoms with Crippen LogP contribution in [0.4, 0.5) is 0 Å². The Kier molecular flexibility index (Phi) is 3.68.